The molecule has 0 aromatic heterocycles. The Morgan fingerprint density at radius 1 is 1.50 bits per heavy atom. The summed E-state index contributed by atoms with van der Waals surface area (Å²) >= 11 is 0. The number of carboxylic acids is 1. The summed E-state index contributed by atoms with van der Waals surface area (Å²) in [7, 11) is 0. The van der Waals surface area contributed by atoms with Crippen LogP contribution < -0.4 is 0 Å². The lowest BCUT2D eigenvalue weighted by molar-refractivity contribution is -0.152. The third kappa shape index (κ3) is 3.72. The molecule has 68 valence electrons. The van der Waals surface area contributed by atoms with E-state index in [2.05, 4.69) is 4.74 Å². The second kappa shape index (κ2) is 5.31. The lowest BCUT2D eigenvalue weighted by atomic mass is 10.2. The van der Waals surface area contributed by atoms with Crippen molar-refractivity contribution in [1.82, 2.24) is 0 Å². The third-order valence-corrected chi connectivity index (χ3v) is 1.18. The summed E-state index contributed by atoms with van der Waals surface area (Å²) < 4.78 is 4.14. The van der Waals surface area contributed by atoms with Crippen LogP contribution in [0.1, 0.15) is 13.3 Å². The summed E-state index contributed by atoms with van der Waals surface area (Å²) in [4.78, 5) is 21.0. The number of aliphatic hydroxyl groups is 1. The molecule has 0 saturated heterocycles. The molecule has 0 aromatic carbocycles. The molecule has 0 bridgehead atoms. The number of carbonyl (C=O) groups is 2. The Hall–Kier alpha value is -1.36. The summed E-state index contributed by atoms with van der Waals surface area (Å²) in [5.74, 6) is -1.92. The van der Waals surface area contributed by atoms with E-state index in [-0.39, 0.29) is 12.0 Å². The molecule has 12 heavy (non-hydrogen) atoms. The van der Waals surface area contributed by atoms with Gasteiger partial charge in [0.2, 0.25) is 0 Å². The molecular formula is C7H10O5. The maximum absolute atomic E-state index is 10.6. The average Bonchev–Trinajstić information content (AvgIpc) is 2.00. The van der Waals surface area contributed by atoms with Crippen LogP contribution in [0.3, 0.4) is 0 Å². The predicted octanol–water partition coefficient (Wildman–Crippen LogP) is -0.0996. The Labute approximate surface area is 69.3 Å². The fourth-order valence-electron chi connectivity index (χ4n) is 0.580. The number of ether oxygens (including phenoxy) is 1. The zero-order valence-electron chi connectivity index (χ0n) is 6.61. The second-order valence-corrected chi connectivity index (χ2v) is 1.94. The molecule has 0 saturated carbocycles. The fourth-order valence-corrected chi connectivity index (χ4v) is 0.580. The van der Waals surface area contributed by atoms with Crippen molar-refractivity contribution in [3.8, 4) is 0 Å². The fraction of sp³-hybridized carbons (Fsp3) is 0.429. The number of aliphatic hydroxyl groups excluding tert-OH is 1. The molecule has 0 aliphatic heterocycles. The topological polar surface area (TPSA) is 83.8 Å². The van der Waals surface area contributed by atoms with E-state index in [1.54, 1.807) is 0 Å². The zero-order chi connectivity index (χ0) is 9.56. The molecular weight excluding hydrogens is 164 g/mol. The molecule has 0 heterocycles. The molecule has 5 heteroatoms. The van der Waals surface area contributed by atoms with Crippen LogP contribution in [0.4, 0.5) is 0 Å². The molecule has 0 atom stereocenters. The third-order valence-electron chi connectivity index (χ3n) is 1.18. The maximum Gasteiger partial charge on any atom is 0.331 e. The minimum Gasteiger partial charge on any atom is -0.478 e. The van der Waals surface area contributed by atoms with E-state index in [1.807, 2.05) is 0 Å². The lowest BCUT2D eigenvalue weighted by Crippen LogP contribution is -2.10. The lowest BCUT2D eigenvalue weighted by Gasteiger charge is -2.00. The van der Waals surface area contributed by atoms with Crippen molar-refractivity contribution < 1.29 is 24.5 Å². The number of rotatable bonds is 4. The van der Waals surface area contributed by atoms with Crippen molar-refractivity contribution in [3.63, 3.8) is 0 Å². The number of esters is 1. The first-order valence-electron chi connectivity index (χ1n) is 3.26. The Morgan fingerprint density at radius 2 is 2.08 bits per heavy atom. The summed E-state index contributed by atoms with van der Waals surface area (Å²) in [5, 5.41) is 16.6. The van der Waals surface area contributed by atoms with Crippen LogP contribution in [0.2, 0.25) is 0 Å². The molecule has 0 rings (SSSR count). The van der Waals surface area contributed by atoms with Gasteiger partial charge in [0.1, 0.15) is 0 Å². The van der Waals surface area contributed by atoms with Crippen molar-refractivity contribution in [2.45, 2.75) is 13.3 Å². The minimum absolute atomic E-state index is 0.0477. The first-order valence-corrected chi connectivity index (χ1v) is 3.26. The molecule has 0 aromatic rings. The van der Waals surface area contributed by atoms with Crippen molar-refractivity contribution in [2.75, 3.05) is 6.79 Å². The molecule has 0 aliphatic carbocycles. The number of hydrogen-bond donors (Lipinski definition) is 2. The molecule has 5 nitrogen and oxygen atoms in total. The van der Waals surface area contributed by atoms with Crippen molar-refractivity contribution >= 4 is 11.9 Å². The van der Waals surface area contributed by atoms with Crippen LogP contribution in [0.5, 0.6) is 0 Å². The molecule has 0 aliphatic rings. The van der Waals surface area contributed by atoms with Crippen LogP contribution in [0, 0.1) is 0 Å². The van der Waals surface area contributed by atoms with E-state index in [9.17, 15) is 9.59 Å². The number of carbonyl (C=O) groups excluding carboxylic acids is 1. The molecule has 2 N–H and O–H groups in total. The van der Waals surface area contributed by atoms with Crippen molar-refractivity contribution in [3.05, 3.63) is 11.6 Å². The minimum atomic E-state index is -1.16. The highest BCUT2D eigenvalue weighted by molar-refractivity contribution is 5.92. The van der Waals surface area contributed by atoms with Crippen LogP contribution in [-0.4, -0.2) is 28.9 Å². The number of hydrogen-bond acceptors (Lipinski definition) is 4. The maximum atomic E-state index is 10.6. The number of allylic oxidation sites excluding steroid dienone is 1. The molecule has 0 amide bonds. The van der Waals surface area contributed by atoms with Gasteiger partial charge in [-0.3, -0.25) is 4.79 Å². The monoisotopic (exact) mass is 174 g/mol. The van der Waals surface area contributed by atoms with Crippen LogP contribution in [0.25, 0.3) is 0 Å². The average molecular weight is 174 g/mol. The van der Waals surface area contributed by atoms with Gasteiger partial charge in [-0.05, 0) is 6.92 Å². The van der Waals surface area contributed by atoms with Gasteiger partial charge in [-0.15, -0.1) is 0 Å². The van der Waals surface area contributed by atoms with E-state index in [0.717, 1.165) is 0 Å². The van der Waals surface area contributed by atoms with E-state index >= 15 is 0 Å². The second-order valence-electron chi connectivity index (χ2n) is 1.94. The molecule has 0 spiro atoms. The normalized spacial score (nSPS) is 11.0. The first kappa shape index (κ1) is 10.6. The summed E-state index contributed by atoms with van der Waals surface area (Å²) in [5.41, 5.74) is -0.0477. The van der Waals surface area contributed by atoms with E-state index in [0.29, 0.717) is 0 Å². The van der Waals surface area contributed by atoms with Gasteiger partial charge in [0.15, 0.2) is 6.79 Å². The molecule has 0 fully saturated rings. The Kier molecular flexibility index (Phi) is 4.71. The Morgan fingerprint density at radius 3 is 2.42 bits per heavy atom. The Balaban J connectivity index is 4.05. The highest BCUT2D eigenvalue weighted by Gasteiger charge is 2.11. The quantitative estimate of drug-likeness (QED) is 0.353. The number of carboxylic acid groups (broad SMARTS) is 1. The van der Waals surface area contributed by atoms with Crippen LogP contribution >= 0.6 is 0 Å². The molecule has 0 radical (unpaired) electrons. The summed E-state index contributed by atoms with van der Waals surface area (Å²) in [6.45, 7) is 0.783. The van der Waals surface area contributed by atoms with Gasteiger partial charge in [0, 0.05) is 5.57 Å². The zero-order valence-corrected chi connectivity index (χ0v) is 6.61. The van der Waals surface area contributed by atoms with Gasteiger partial charge in [0.05, 0.1) is 6.42 Å². The van der Waals surface area contributed by atoms with Gasteiger partial charge in [-0.2, -0.15) is 0 Å². The van der Waals surface area contributed by atoms with E-state index in [4.69, 9.17) is 10.2 Å². The van der Waals surface area contributed by atoms with Gasteiger partial charge in [-0.1, -0.05) is 6.08 Å². The first-order chi connectivity index (χ1) is 5.61. The van der Waals surface area contributed by atoms with Gasteiger partial charge in [-0.25, -0.2) is 4.79 Å². The highest BCUT2D eigenvalue weighted by Crippen LogP contribution is 2.02. The van der Waals surface area contributed by atoms with Crippen LogP contribution in [-0.2, 0) is 14.3 Å². The Bertz CT molecular complexity index is 206. The highest BCUT2D eigenvalue weighted by atomic mass is 16.6. The largest absolute Gasteiger partial charge is 0.478 e. The number of aliphatic carboxylic acids is 1. The predicted molar refractivity (Wildman–Crippen MR) is 39.2 cm³/mol. The summed E-state index contributed by atoms with van der Waals surface area (Å²) in [6, 6.07) is 0. The molecule has 0 unspecified atom stereocenters. The van der Waals surface area contributed by atoms with E-state index < -0.39 is 18.7 Å². The van der Waals surface area contributed by atoms with E-state index in [1.165, 1.54) is 13.0 Å². The van der Waals surface area contributed by atoms with Crippen molar-refractivity contribution in [2.24, 2.45) is 0 Å². The SMILES string of the molecule is CC=C(CC(=O)OCO)C(=O)O. The van der Waals surface area contributed by atoms with Crippen LogP contribution in [0.15, 0.2) is 11.6 Å². The summed E-state index contributed by atoms with van der Waals surface area (Å²) in [6.07, 6.45) is 0.980. The smallest absolute Gasteiger partial charge is 0.331 e. The van der Waals surface area contributed by atoms with Crippen molar-refractivity contribution in [1.29, 1.82) is 0 Å². The van der Waals surface area contributed by atoms with Gasteiger partial charge < -0.3 is 14.9 Å². The van der Waals surface area contributed by atoms with Gasteiger partial charge >= 0.3 is 11.9 Å². The van der Waals surface area contributed by atoms with Gasteiger partial charge in [0.25, 0.3) is 0 Å². The standard InChI is InChI=1S/C7H10O5/c1-2-5(7(10)11)3-6(9)12-4-8/h2,8H,3-4H2,1H3,(H,10,11).